The number of rotatable bonds is 4. The van der Waals surface area contributed by atoms with Gasteiger partial charge in [-0.25, -0.2) is 9.67 Å². The first-order valence-electron chi connectivity index (χ1n) is 9.56. The molecule has 0 aliphatic rings. The Bertz CT molecular complexity index is 1190. The highest BCUT2D eigenvalue weighted by Gasteiger charge is 2.17. The molecule has 0 saturated carbocycles. The van der Waals surface area contributed by atoms with Crippen LogP contribution < -0.4 is 5.32 Å². The Labute approximate surface area is 164 Å². The molecule has 0 fully saturated rings. The number of aryl methyl sites for hydroxylation is 2. The van der Waals surface area contributed by atoms with Gasteiger partial charge < -0.3 is 5.32 Å². The Hall–Kier alpha value is -3.21. The Morgan fingerprint density at radius 3 is 2.61 bits per heavy atom. The van der Waals surface area contributed by atoms with Crippen molar-refractivity contribution in [2.24, 2.45) is 5.92 Å². The molecule has 4 aromatic rings. The second-order valence-electron chi connectivity index (χ2n) is 7.80. The van der Waals surface area contributed by atoms with Gasteiger partial charge in [0.15, 0.2) is 11.5 Å². The number of aromatic nitrogens is 3. The molecule has 0 atom stereocenters. The lowest BCUT2D eigenvalue weighted by molar-refractivity contribution is 0.102. The quantitative estimate of drug-likeness (QED) is 0.541. The van der Waals surface area contributed by atoms with Gasteiger partial charge in [-0.05, 0) is 50.1 Å². The zero-order valence-corrected chi connectivity index (χ0v) is 16.7. The third-order valence-electron chi connectivity index (χ3n) is 4.72. The fraction of sp³-hybridized carbons (Fsp3) is 0.261. The first-order valence-corrected chi connectivity index (χ1v) is 9.56. The fourth-order valence-electron chi connectivity index (χ4n) is 3.41. The summed E-state index contributed by atoms with van der Waals surface area (Å²) in [4.78, 5) is 17.6. The largest absolute Gasteiger partial charge is 0.305 e. The third-order valence-corrected chi connectivity index (χ3v) is 4.72. The van der Waals surface area contributed by atoms with E-state index < -0.39 is 0 Å². The topological polar surface area (TPSA) is 59.8 Å². The van der Waals surface area contributed by atoms with Crippen LogP contribution in [-0.2, 0) is 6.54 Å². The number of carbonyl (C=O) groups is 1. The first kappa shape index (κ1) is 18.2. The number of pyridine rings is 1. The molecule has 0 spiro atoms. The summed E-state index contributed by atoms with van der Waals surface area (Å²) in [5.74, 6) is 0.807. The highest BCUT2D eigenvalue weighted by atomic mass is 16.1. The molecule has 0 aliphatic carbocycles. The van der Waals surface area contributed by atoms with Gasteiger partial charge >= 0.3 is 0 Å². The molecule has 142 valence electrons. The molecule has 2 heterocycles. The van der Waals surface area contributed by atoms with E-state index in [9.17, 15) is 4.79 Å². The average molecular weight is 372 g/mol. The van der Waals surface area contributed by atoms with Gasteiger partial charge in [0, 0.05) is 17.5 Å². The van der Waals surface area contributed by atoms with E-state index in [1.165, 1.54) is 5.56 Å². The van der Waals surface area contributed by atoms with Crippen molar-refractivity contribution in [3.63, 3.8) is 0 Å². The number of hydrogen-bond donors (Lipinski definition) is 1. The van der Waals surface area contributed by atoms with Crippen LogP contribution in [0.5, 0.6) is 0 Å². The molecule has 2 aromatic heterocycles. The van der Waals surface area contributed by atoms with Gasteiger partial charge in [0.05, 0.1) is 10.9 Å². The number of fused-ring (bicyclic) bond motifs is 2. The lowest BCUT2D eigenvalue weighted by Gasteiger charge is -2.06. The standard InChI is InChI=1S/C23H24N4O/c1-14(2)13-27-22-19(12-18-11-16(4)8-9-20(18)24-22)21(26-27)25-23(28)17-7-5-6-15(3)10-17/h5-12,14H,13H2,1-4H3,(H,25,26,28). The van der Waals surface area contributed by atoms with Crippen molar-refractivity contribution < 1.29 is 4.79 Å². The van der Waals surface area contributed by atoms with Crippen molar-refractivity contribution in [2.45, 2.75) is 34.2 Å². The van der Waals surface area contributed by atoms with Gasteiger partial charge in [-0.3, -0.25) is 4.79 Å². The molecular weight excluding hydrogens is 348 g/mol. The van der Waals surface area contributed by atoms with E-state index >= 15 is 0 Å². The van der Waals surface area contributed by atoms with Gasteiger partial charge in [0.25, 0.3) is 5.91 Å². The second kappa shape index (κ2) is 7.08. The van der Waals surface area contributed by atoms with Crippen LogP contribution in [-0.4, -0.2) is 20.7 Å². The van der Waals surface area contributed by atoms with Crippen molar-refractivity contribution in [1.29, 1.82) is 0 Å². The minimum Gasteiger partial charge on any atom is -0.305 e. The Kier molecular flexibility index (Phi) is 4.59. The molecular formula is C23H24N4O. The number of amides is 1. The molecule has 1 N–H and O–H groups in total. The molecule has 4 rings (SSSR count). The number of carbonyl (C=O) groups excluding carboxylic acids is 1. The summed E-state index contributed by atoms with van der Waals surface area (Å²) in [6, 6.07) is 15.8. The van der Waals surface area contributed by atoms with Gasteiger partial charge in [0.1, 0.15) is 0 Å². The SMILES string of the molecule is Cc1cccc(C(=O)Nc2nn(CC(C)C)c3nc4ccc(C)cc4cc23)c1. The molecule has 0 bridgehead atoms. The van der Waals surface area contributed by atoms with E-state index in [2.05, 4.69) is 49.4 Å². The summed E-state index contributed by atoms with van der Waals surface area (Å²) < 4.78 is 1.89. The predicted molar refractivity (Wildman–Crippen MR) is 114 cm³/mol. The van der Waals surface area contributed by atoms with E-state index in [4.69, 9.17) is 4.98 Å². The molecule has 0 saturated heterocycles. The molecule has 0 unspecified atom stereocenters. The third kappa shape index (κ3) is 3.48. The van der Waals surface area contributed by atoms with Crippen molar-refractivity contribution in [1.82, 2.24) is 14.8 Å². The molecule has 2 aromatic carbocycles. The maximum atomic E-state index is 12.8. The molecule has 28 heavy (non-hydrogen) atoms. The van der Waals surface area contributed by atoms with Crippen LogP contribution in [0.4, 0.5) is 5.82 Å². The van der Waals surface area contributed by atoms with E-state index in [-0.39, 0.29) is 5.91 Å². The maximum Gasteiger partial charge on any atom is 0.256 e. The number of anilines is 1. The number of hydrogen-bond acceptors (Lipinski definition) is 3. The lowest BCUT2D eigenvalue weighted by Crippen LogP contribution is -2.13. The molecule has 0 radical (unpaired) electrons. The number of nitrogens with one attached hydrogen (secondary N) is 1. The smallest absolute Gasteiger partial charge is 0.256 e. The second-order valence-corrected chi connectivity index (χ2v) is 7.80. The van der Waals surface area contributed by atoms with Gasteiger partial charge in [-0.15, -0.1) is 0 Å². The molecule has 1 amide bonds. The zero-order valence-electron chi connectivity index (χ0n) is 16.7. The zero-order chi connectivity index (χ0) is 19.8. The van der Waals surface area contributed by atoms with Crippen LogP contribution >= 0.6 is 0 Å². The Balaban J connectivity index is 1.83. The summed E-state index contributed by atoms with van der Waals surface area (Å²) in [5.41, 5.74) is 4.57. The van der Waals surface area contributed by atoms with E-state index in [1.807, 2.05) is 41.9 Å². The van der Waals surface area contributed by atoms with Crippen LogP contribution in [0.15, 0.2) is 48.5 Å². The highest BCUT2D eigenvalue weighted by Crippen LogP contribution is 2.27. The monoisotopic (exact) mass is 372 g/mol. The van der Waals surface area contributed by atoms with Gasteiger partial charge in [0.2, 0.25) is 0 Å². The summed E-state index contributed by atoms with van der Waals surface area (Å²) in [6.07, 6.45) is 0. The first-order chi connectivity index (χ1) is 13.4. The Morgan fingerprint density at radius 1 is 1.07 bits per heavy atom. The van der Waals surface area contributed by atoms with Crippen molar-refractivity contribution in [3.8, 4) is 0 Å². The van der Waals surface area contributed by atoms with Crippen molar-refractivity contribution in [3.05, 3.63) is 65.2 Å². The Morgan fingerprint density at radius 2 is 1.86 bits per heavy atom. The number of nitrogens with zero attached hydrogens (tertiary/aromatic N) is 3. The number of benzene rings is 2. The lowest BCUT2D eigenvalue weighted by atomic mass is 10.1. The van der Waals surface area contributed by atoms with Crippen LogP contribution in [0.3, 0.4) is 0 Å². The molecule has 5 heteroatoms. The van der Waals surface area contributed by atoms with E-state index in [0.29, 0.717) is 17.3 Å². The highest BCUT2D eigenvalue weighted by molar-refractivity contribution is 6.08. The molecule has 5 nitrogen and oxygen atoms in total. The van der Waals surface area contributed by atoms with Crippen molar-refractivity contribution in [2.75, 3.05) is 5.32 Å². The minimum absolute atomic E-state index is 0.163. The fourth-order valence-corrected chi connectivity index (χ4v) is 3.41. The van der Waals surface area contributed by atoms with Crippen LogP contribution in [0, 0.1) is 19.8 Å². The van der Waals surface area contributed by atoms with E-state index in [1.54, 1.807) is 0 Å². The van der Waals surface area contributed by atoms with Gasteiger partial charge in [-0.2, -0.15) is 5.10 Å². The van der Waals surface area contributed by atoms with Gasteiger partial charge in [-0.1, -0.05) is 43.2 Å². The summed E-state index contributed by atoms with van der Waals surface area (Å²) in [5, 5.41) is 9.58. The predicted octanol–water partition coefficient (Wildman–Crippen LogP) is 5.11. The van der Waals surface area contributed by atoms with Crippen LogP contribution in [0.25, 0.3) is 21.9 Å². The summed E-state index contributed by atoms with van der Waals surface area (Å²) >= 11 is 0. The van der Waals surface area contributed by atoms with Crippen LogP contribution in [0.1, 0.15) is 35.3 Å². The molecule has 0 aliphatic heterocycles. The van der Waals surface area contributed by atoms with Crippen LogP contribution in [0.2, 0.25) is 0 Å². The van der Waals surface area contributed by atoms with Crippen molar-refractivity contribution >= 4 is 33.7 Å². The average Bonchev–Trinajstić information content (AvgIpc) is 2.95. The maximum absolute atomic E-state index is 12.8. The summed E-state index contributed by atoms with van der Waals surface area (Å²) in [6.45, 7) is 9.06. The van der Waals surface area contributed by atoms with E-state index in [0.717, 1.165) is 34.0 Å². The minimum atomic E-state index is -0.163. The normalized spacial score (nSPS) is 11.5. The summed E-state index contributed by atoms with van der Waals surface area (Å²) in [7, 11) is 0.